The second kappa shape index (κ2) is 7.15. The second-order valence-electron chi connectivity index (χ2n) is 5.61. The van der Waals surface area contributed by atoms with Crippen LogP contribution in [0.15, 0.2) is 23.1 Å². The van der Waals surface area contributed by atoms with Crippen LogP contribution in [-0.2, 0) is 4.79 Å². The van der Waals surface area contributed by atoms with Crippen LogP contribution < -0.4 is 16.4 Å². The maximum atomic E-state index is 12.3. The van der Waals surface area contributed by atoms with Crippen molar-refractivity contribution >= 4 is 29.3 Å². The Kier molecular flexibility index (Phi) is 5.47. The number of nitrogens with one attached hydrogen (secondary N) is 2. The minimum absolute atomic E-state index is 0.0123. The normalized spacial score (nSPS) is 14.8. The van der Waals surface area contributed by atoms with E-state index in [0.29, 0.717) is 24.2 Å². The first-order valence-electron chi connectivity index (χ1n) is 7.61. The van der Waals surface area contributed by atoms with E-state index in [-0.39, 0.29) is 17.4 Å². The number of fused-ring (bicyclic) bond motifs is 1. The fraction of sp³-hybridized carbons (Fsp3) is 0.500. The number of rotatable bonds is 5. The van der Waals surface area contributed by atoms with E-state index in [4.69, 9.17) is 5.73 Å². The average molecular weight is 321 g/mol. The fourth-order valence-electron chi connectivity index (χ4n) is 2.22. The number of amides is 2. The molecule has 0 fully saturated rings. The van der Waals surface area contributed by atoms with Gasteiger partial charge in [-0.2, -0.15) is 0 Å². The first-order valence-corrected chi connectivity index (χ1v) is 8.60. The summed E-state index contributed by atoms with van der Waals surface area (Å²) >= 11 is 1.62. The zero-order valence-electron chi connectivity index (χ0n) is 13.1. The molecule has 0 radical (unpaired) electrons. The minimum Gasteiger partial charge on any atom is -0.350 e. The first-order chi connectivity index (χ1) is 10.5. The van der Waals surface area contributed by atoms with E-state index >= 15 is 0 Å². The van der Waals surface area contributed by atoms with Crippen molar-refractivity contribution in [3.63, 3.8) is 0 Å². The van der Waals surface area contributed by atoms with Gasteiger partial charge in [-0.1, -0.05) is 13.8 Å². The van der Waals surface area contributed by atoms with Crippen molar-refractivity contribution in [3.05, 3.63) is 23.8 Å². The number of carbonyl (C=O) groups is 2. The van der Waals surface area contributed by atoms with Crippen molar-refractivity contribution in [2.24, 2.45) is 5.73 Å². The molecule has 0 spiro atoms. The summed E-state index contributed by atoms with van der Waals surface area (Å²) in [5, 5.41) is 5.74. The largest absolute Gasteiger partial charge is 0.350 e. The van der Waals surface area contributed by atoms with Crippen LogP contribution >= 0.6 is 11.8 Å². The van der Waals surface area contributed by atoms with Gasteiger partial charge in [0.1, 0.15) is 0 Å². The van der Waals surface area contributed by atoms with Crippen molar-refractivity contribution < 1.29 is 9.59 Å². The van der Waals surface area contributed by atoms with E-state index in [2.05, 4.69) is 10.6 Å². The summed E-state index contributed by atoms with van der Waals surface area (Å²) in [6, 6.07) is 5.40. The van der Waals surface area contributed by atoms with Crippen LogP contribution in [0.25, 0.3) is 0 Å². The molecule has 0 bridgehead atoms. The molecule has 0 saturated carbocycles. The Morgan fingerprint density at radius 2 is 2.14 bits per heavy atom. The Morgan fingerprint density at radius 1 is 1.41 bits per heavy atom. The SMILES string of the molecule is CCC(N)(CC)CNC(=O)c1ccc2c(c1)NC(=O)CCS2. The summed E-state index contributed by atoms with van der Waals surface area (Å²) < 4.78 is 0. The molecular formula is C16H23N3O2S. The molecular weight excluding hydrogens is 298 g/mol. The zero-order chi connectivity index (χ0) is 16.2. The number of thioether (sulfide) groups is 1. The molecule has 2 amide bonds. The smallest absolute Gasteiger partial charge is 0.251 e. The topological polar surface area (TPSA) is 84.2 Å². The molecule has 1 aliphatic heterocycles. The highest BCUT2D eigenvalue weighted by atomic mass is 32.2. The number of hydrogen-bond donors (Lipinski definition) is 3. The molecule has 22 heavy (non-hydrogen) atoms. The first kappa shape index (κ1) is 16.8. The van der Waals surface area contributed by atoms with Gasteiger partial charge in [0, 0.05) is 34.7 Å². The summed E-state index contributed by atoms with van der Waals surface area (Å²) in [7, 11) is 0. The Labute approximate surface area is 135 Å². The monoisotopic (exact) mass is 321 g/mol. The average Bonchev–Trinajstić information content (AvgIpc) is 2.72. The van der Waals surface area contributed by atoms with E-state index in [1.54, 1.807) is 23.9 Å². The number of hydrogen-bond acceptors (Lipinski definition) is 4. The Morgan fingerprint density at radius 3 is 2.82 bits per heavy atom. The molecule has 0 aromatic heterocycles. The summed E-state index contributed by atoms with van der Waals surface area (Å²) in [4.78, 5) is 24.9. The number of benzene rings is 1. The molecule has 0 saturated heterocycles. The van der Waals surface area contributed by atoms with Crippen molar-refractivity contribution in [2.75, 3.05) is 17.6 Å². The molecule has 0 aliphatic carbocycles. The molecule has 120 valence electrons. The molecule has 1 heterocycles. The standard InChI is InChI=1S/C16H23N3O2S/c1-3-16(17,4-2)10-18-15(21)11-5-6-13-12(9-11)19-14(20)7-8-22-13/h5-6,9H,3-4,7-8,10,17H2,1-2H3,(H,18,21)(H,19,20). The van der Waals surface area contributed by atoms with Crippen LogP contribution in [0.2, 0.25) is 0 Å². The zero-order valence-corrected chi connectivity index (χ0v) is 13.9. The molecule has 2 rings (SSSR count). The van der Waals surface area contributed by atoms with E-state index < -0.39 is 0 Å². The lowest BCUT2D eigenvalue weighted by atomic mass is 9.94. The van der Waals surface area contributed by atoms with Gasteiger partial charge < -0.3 is 16.4 Å². The third kappa shape index (κ3) is 4.01. The Hall–Kier alpha value is -1.53. The highest BCUT2D eigenvalue weighted by Gasteiger charge is 2.22. The van der Waals surface area contributed by atoms with Crippen LogP contribution in [-0.4, -0.2) is 29.7 Å². The van der Waals surface area contributed by atoms with Gasteiger partial charge in [0.25, 0.3) is 5.91 Å². The van der Waals surface area contributed by atoms with Gasteiger partial charge in [0.15, 0.2) is 0 Å². The number of nitrogens with two attached hydrogens (primary N) is 1. The predicted octanol–water partition coefficient (Wildman–Crippen LogP) is 2.37. The van der Waals surface area contributed by atoms with E-state index in [0.717, 1.165) is 23.5 Å². The maximum absolute atomic E-state index is 12.3. The number of anilines is 1. The Bertz CT molecular complexity index is 571. The van der Waals surface area contributed by atoms with Gasteiger partial charge in [0.2, 0.25) is 5.91 Å². The lowest BCUT2D eigenvalue weighted by Gasteiger charge is -2.26. The van der Waals surface area contributed by atoms with Crippen molar-refractivity contribution in [2.45, 2.75) is 43.5 Å². The van der Waals surface area contributed by atoms with E-state index in [9.17, 15) is 9.59 Å². The third-order valence-electron chi connectivity index (χ3n) is 4.11. The van der Waals surface area contributed by atoms with Crippen molar-refractivity contribution in [3.8, 4) is 0 Å². The van der Waals surface area contributed by atoms with Gasteiger partial charge >= 0.3 is 0 Å². The van der Waals surface area contributed by atoms with Gasteiger partial charge in [0.05, 0.1) is 5.69 Å². The fourth-order valence-corrected chi connectivity index (χ4v) is 3.16. The summed E-state index contributed by atoms with van der Waals surface area (Å²) in [5.74, 6) is 0.581. The highest BCUT2D eigenvalue weighted by molar-refractivity contribution is 7.99. The van der Waals surface area contributed by atoms with Gasteiger partial charge in [-0.05, 0) is 31.0 Å². The number of carbonyl (C=O) groups excluding carboxylic acids is 2. The summed E-state index contributed by atoms with van der Waals surface area (Å²) in [6.45, 7) is 4.48. The Balaban J connectivity index is 2.09. The van der Waals surface area contributed by atoms with E-state index in [1.807, 2.05) is 19.9 Å². The molecule has 0 atom stereocenters. The highest BCUT2D eigenvalue weighted by Crippen LogP contribution is 2.31. The predicted molar refractivity (Wildman–Crippen MR) is 90.2 cm³/mol. The van der Waals surface area contributed by atoms with Crippen LogP contribution in [0.3, 0.4) is 0 Å². The molecule has 1 aromatic carbocycles. The quantitative estimate of drug-likeness (QED) is 0.777. The molecule has 1 aliphatic rings. The maximum Gasteiger partial charge on any atom is 0.251 e. The van der Waals surface area contributed by atoms with Gasteiger partial charge in [-0.15, -0.1) is 11.8 Å². The summed E-state index contributed by atoms with van der Waals surface area (Å²) in [5.41, 5.74) is 7.08. The van der Waals surface area contributed by atoms with Crippen LogP contribution in [0.4, 0.5) is 5.69 Å². The van der Waals surface area contributed by atoms with Crippen molar-refractivity contribution in [1.29, 1.82) is 0 Å². The molecule has 4 N–H and O–H groups in total. The lowest BCUT2D eigenvalue weighted by molar-refractivity contribution is -0.115. The molecule has 5 nitrogen and oxygen atoms in total. The van der Waals surface area contributed by atoms with E-state index in [1.165, 1.54) is 0 Å². The van der Waals surface area contributed by atoms with Gasteiger partial charge in [-0.3, -0.25) is 9.59 Å². The lowest BCUT2D eigenvalue weighted by Crippen LogP contribution is -2.49. The van der Waals surface area contributed by atoms with Crippen LogP contribution in [0.5, 0.6) is 0 Å². The summed E-state index contributed by atoms with van der Waals surface area (Å²) in [6.07, 6.45) is 2.10. The second-order valence-corrected chi connectivity index (χ2v) is 6.75. The van der Waals surface area contributed by atoms with Crippen LogP contribution in [0, 0.1) is 0 Å². The van der Waals surface area contributed by atoms with Crippen molar-refractivity contribution in [1.82, 2.24) is 5.32 Å². The molecule has 6 heteroatoms. The molecule has 1 aromatic rings. The minimum atomic E-state index is -0.370. The third-order valence-corrected chi connectivity index (χ3v) is 5.19. The van der Waals surface area contributed by atoms with Gasteiger partial charge in [-0.25, -0.2) is 0 Å². The van der Waals surface area contributed by atoms with Crippen LogP contribution in [0.1, 0.15) is 43.5 Å². The molecule has 0 unspecified atom stereocenters.